The highest BCUT2D eigenvalue weighted by Crippen LogP contribution is 2.35. The van der Waals surface area contributed by atoms with Gasteiger partial charge in [0.05, 0.1) is 18.2 Å². The van der Waals surface area contributed by atoms with Crippen molar-refractivity contribution in [1.29, 1.82) is 0 Å². The summed E-state index contributed by atoms with van der Waals surface area (Å²) in [4.78, 5) is 14.1. The lowest BCUT2D eigenvalue weighted by Crippen LogP contribution is -2.40. The predicted octanol–water partition coefficient (Wildman–Crippen LogP) is 4.03. The van der Waals surface area contributed by atoms with E-state index in [0.717, 1.165) is 0 Å². The first-order chi connectivity index (χ1) is 11.6. The molecule has 3 heteroatoms. The van der Waals surface area contributed by atoms with Gasteiger partial charge in [0.1, 0.15) is 0 Å². The standard InChI is InChI=1S/C21H21NO2/c1-21(19-11-7-4-8-12-19)14-13-18(20(23)24-2)16-22(21)15-17-9-5-3-6-10-17/h3-14,16H,15H2,1-2H3. The summed E-state index contributed by atoms with van der Waals surface area (Å²) in [5.74, 6) is -0.320. The fraction of sp³-hybridized carbons (Fsp3) is 0.190. The van der Waals surface area contributed by atoms with E-state index < -0.39 is 0 Å². The molecule has 122 valence electrons. The second kappa shape index (κ2) is 6.75. The van der Waals surface area contributed by atoms with Crippen molar-refractivity contribution >= 4 is 5.97 Å². The molecule has 2 aromatic carbocycles. The number of methoxy groups -OCH3 is 1. The molecule has 3 nitrogen and oxygen atoms in total. The van der Waals surface area contributed by atoms with Gasteiger partial charge in [0.25, 0.3) is 0 Å². The van der Waals surface area contributed by atoms with E-state index in [-0.39, 0.29) is 11.5 Å². The van der Waals surface area contributed by atoms with Crippen LogP contribution >= 0.6 is 0 Å². The first kappa shape index (κ1) is 16.1. The van der Waals surface area contributed by atoms with Gasteiger partial charge in [-0.1, -0.05) is 66.7 Å². The minimum atomic E-state index is -0.325. The summed E-state index contributed by atoms with van der Waals surface area (Å²) in [6.45, 7) is 2.86. The first-order valence-electron chi connectivity index (χ1n) is 7.99. The Balaban J connectivity index is 2.00. The number of benzene rings is 2. The third-order valence-corrected chi connectivity index (χ3v) is 4.45. The van der Waals surface area contributed by atoms with Crippen LogP contribution in [0.2, 0.25) is 0 Å². The molecule has 1 heterocycles. The van der Waals surface area contributed by atoms with E-state index in [1.54, 1.807) is 0 Å². The van der Waals surface area contributed by atoms with Gasteiger partial charge >= 0.3 is 5.97 Å². The number of esters is 1. The Morgan fingerprint density at radius 3 is 2.29 bits per heavy atom. The van der Waals surface area contributed by atoms with E-state index in [1.807, 2.05) is 48.7 Å². The zero-order valence-corrected chi connectivity index (χ0v) is 14.0. The maximum absolute atomic E-state index is 11.9. The molecule has 0 saturated carbocycles. The molecule has 0 amide bonds. The van der Waals surface area contributed by atoms with Crippen molar-refractivity contribution in [2.24, 2.45) is 0 Å². The minimum Gasteiger partial charge on any atom is -0.465 e. The van der Waals surface area contributed by atoms with Crippen LogP contribution in [0.15, 0.2) is 84.6 Å². The van der Waals surface area contributed by atoms with E-state index in [9.17, 15) is 4.79 Å². The summed E-state index contributed by atoms with van der Waals surface area (Å²) in [5.41, 5.74) is 2.60. The number of nitrogens with zero attached hydrogens (tertiary/aromatic N) is 1. The SMILES string of the molecule is COC(=O)C1=CN(Cc2ccccc2)C(C)(c2ccccc2)C=C1. The van der Waals surface area contributed by atoms with Gasteiger partial charge in [-0.3, -0.25) is 0 Å². The molecular formula is C21H21NO2. The van der Waals surface area contributed by atoms with Crippen molar-refractivity contribution in [2.75, 3.05) is 7.11 Å². The summed E-state index contributed by atoms with van der Waals surface area (Å²) < 4.78 is 4.88. The molecule has 0 fully saturated rings. The lowest BCUT2D eigenvalue weighted by atomic mass is 9.86. The van der Waals surface area contributed by atoms with Crippen LogP contribution in [0.25, 0.3) is 0 Å². The molecule has 0 spiro atoms. The number of carbonyl (C=O) groups excluding carboxylic acids is 1. The lowest BCUT2D eigenvalue weighted by Gasteiger charge is -2.41. The van der Waals surface area contributed by atoms with E-state index >= 15 is 0 Å². The predicted molar refractivity (Wildman–Crippen MR) is 95.0 cm³/mol. The molecule has 0 aliphatic carbocycles. The molecule has 1 unspecified atom stereocenters. The van der Waals surface area contributed by atoms with Crippen LogP contribution in [0, 0.1) is 0 Å². The zero-order chi connectivity index (χ0) is 17.0. The lowest BCUT2D eigenvalue weighted by molar-refractivity contribution is -0.135. The Morgan fingerprint density at radius 2 is 1.67 bits per heavy atom. The van der Waals surface area contributed by atoms with Gasteiger partial charge < -0.3 is 9.64 Å². The second-order valence-electron chi connectivity index (χ2n) is 6.04. The number of ether oxygens (including phenoxy) is 1. The number of hydrogen-bond donors (Lipinski definition) is 0. The maximum atomic E-state index is 11.9. The topological polar surface area (TPSA) is 29.5 Å². The molecule has 3 rings (SSSR count). The van der Waals surface area contributed by atoms with Crippen molar-refractivity contribution in [3.63, 3.8) is 0 Å². The van der Waals surface area contributed by atoms with Crippen LogP contribution in [-0.2, 0) is 21.6 Å². The Hall–Kier alpha value is -2.81. The smallest absolute Gasteiger partial charge is 0.339 e. The highest BCUT2D eigenvalue weighted by molar-refractivity contribution is 5.91. The van der Waals surface area contributed by atoms with Gasteiger partial charge in [0.15, 0.2) is 0 Å². The third kappa shape index (κ3) is 3.11. The highest BCUT2D eigenvalue weighted by Gasteiger charge is 2.33. The van der Waals surface area contributed by atoms with E-state index in [4.69, 9.17) is 4.74 Å². The summed E-state index contributed by atoms with van der Waals surface area (Å²) in [7, 11) is 1.41. The molecule has 24 heavy (non-hydrogen) atoms. The molecule has 1 aliphatic heterocycles. The molecule has 2 aromatic rings. The second-order valence-corrected chi connectivity index (χ2v) is 6.04. The third-order valence-electron chi connectivity index (χ3n) is 4.45. The van der Waals surface area contributed by atoms with Gasteiger partial charge in [0, 0.05) is 12.7 Å². The maximum Gasteiger partial charge on any atom is 0.339 e. The zero-order valence-electron chi connectivity index (χ0n) is 14.0. The largest absolute Gasteiger partial charge is 0.465 e. The van der Waals surface area contributed by atoms with Gasteiger partial charge in [-0.25, -0.2) is 4.79 Å². The Kier molecular flexibility index (Phi) is 4.52. The van der Waals surface area contributed by atoms with Gasteiger partial charge in [-0.05, 0) is 24.1 Å². The number of carbonyl (C=O) groups is 1. The monoisotopic (exact) mass is 319 g/mol. The average Bonchev–Trinajstić information content (AvgIpc) is 2.64. The number of rotatable bonds is 4. The van der Waals surface area contributed by atoms with Crippen molar-refractivity contribution in [1.82, 2.24) is 4.90 Å². The quantitative estimate of drug-likeness (QED) is 0.797. The molecule has 1 aliphatic rings. The molecule has 0 aromatic heterocycles. The fourth-order valence-electron chi connectivity index (χ4n) is 2.96. The molecule has 0 saturated heterocycles. The van der Waals surface area contributed by atoms with E-state index in [1.165, 1.54) is 18.2 Å². The fourth-order valence-corrected chi connectivity index (χ4v) is 2.96. The van der Waals surface area contributed by atoms with Crippen molar-refractivity contribution in [3.8, 4) is 0 Å². The summed E-state index contributed by atoms with van der Waals surface area (Å²) >= 11 is 0. The molecule has 1 atom stereocenters. The normalized spacial score (nSPS) is 19.8. The van der Waals surface area contributed by atoms with Crippen LogP contribution in [0.1, 0.15) is 18.1 Å². The molecule has 0 bridgehead atoms. The van der Waals surface area contributed by atoms with Crippen molar-refractivity contribution in [3.05, 3.63) is 95.7 Å². The van der Waals surface area contributed by atoms with Crippen LogP contribution in [-0.4, -0.2) is 18.0 Å². The highest BCUT2D eigenvalue weighted by atomic mass is 16.5. The van der Waals surface area contributed by atoms with Crippen LogP contribution in [0.3, 0.4) is 0 Å². The Labute approximate surface area is 142 Å². The Morgan fingerprint density at radius 1 is 1.04 bits per heavy atom. The number of hydrogen-bond acceptors (Lipinski definition) is 3. The van der Waals surface area contributed by atoms with Crippen LogP contribution in [0.4, 0.5) is 0 Å². The molecular weight excluding hydrogens is 298 g/mol. The van der Waals surface area contributed by atoms with Crippen molar-refractivity contribution < 1.29 is 9.53 Å². The Bertz CT molecular complexity index is 765. The van der Waals surface area contributed by atoms with E-state index in [2.05, 4.69) is 42.2 Å². The van der Waals surface area contributed by atoms with Gasteiger partial charge in [-0.2, -0.15) is 0 Å². The van der Waals surface area contributed by atoms with E-state index in [0.29, 0.717) is 12.1 Å². The molecule has 0 radical (unpaired) electrons. The van der Waals surface area contributed by atoms with Gasteiger partial charge in [0.2, 0.25) is 0 Å². The summed E-state index contributed by atoms with van der Waals surface area (Å²) in [6.07, 6.45) is 5.81. The van der Waals surface area contributed by atoms with Crippen LogP contribution < -0.4 is 0 Å². The molecule has 0 N–H and O–H groups in total. The summed E-state index contributed by atoms with van der Waals surface area (Å²) in [5, 5.41) is 0. The van der Waals surface area contributed by atoms with Crippen molar-refractivity contribution in [2.45, 2.75) is 19.0 Å². The minimum absolute atomic E-state index is 0.320. The first-order valence-corrected chi connectivity index (χ1v) is 7.99. The summed E-state index contributed by atoms with van der Waals surface area (Å²) in [6, 6.07) is 20.6. The average molecular weight is 319 g/mol. The van der Waals surface area contributed by atoms with Crippen LogP contribution in [0.5, 0.6) is 0 Å². The van der Waals surface area contributed by atoms with Gasteiger partial charge in [-0.15, -0.1) is 0 Å².